The number of carbonyl (C=O) groups excluding carboxylic acids is 1. The highest BCUT2D eigenvalue weighted by Crippen LogP contribution is 2.17. The van der Waals surface area contributed by atoms with Gasteiger partial charge in [-0.1, -0.05) is 13.0 Å². The molecule has 0 bridgehead atoms. The van der Waals surface area contributed by atoms with E-state index in [0.29, 0.717) is 0 Å². The molecule has 0 spiro atoms. The van der Waals surface area contributed by atoms with Gasteiger partial charge in [0.1, 0.15) is 5.82 Å². The molecule has 1 aromatic rings. The third-order valence-electron chi connectivity index (χ3n) is 2.24. The van der Waals surface area contributed by atoms with E-state index in [1.807, 2.05) is 6.92 Å². The van der Waals surface area contributed by atoms with E-state index in [-0.39, 0.29) is 29.8 Å². The van der Waals surface area contributed by atoms with Gasteiger partial charge in [0.15, 0.2) is 5.78 Å². The fourth-order valence-electron chi connectivity index (χ4n) is 1.28. The van der Waals surface area contributed by atoms with Gasteiger partial charge in [0, 0.05) is 6.04 Å². The van der Waals surface area contributed by atoms with Crippen molar-refractivity contribution in [2.75, 3.05) is 0 Å². The molecule has 84 valence electrons. The van der Waals surface area contributed by atoms with Crippen LogP contribution in [0.25, 0.3) is 0 Å². The topological polar surface area (TPSA) is 43.1 Å². The number of nitrogens with two attached hydrogens (primary N) is 1. The van der Waals surface area contributed by atoms with E-state index in [4.69, 9.17) is 5.73 Å². The SMILES string of the molecule is CC[C@@H](N)c1ccc(F)c(C(C)=O)c1.Cl. The number of ketones is 1. The number of hydrogen-bond donors (Lipinski definition) is 1. The molecule has 0 fully saturated rings. The maximum Gasteiger partial charge on any atom is 0.162 e. The van der Waals surface area contributed by atoms with Crippen LogP contribution in [0.4, 0.5) is 4.39 Å². The molecule has 1 rings (SSSR count). The fraction of sp³-hybridized carbons (Fsp3) is 0.364. The largest absolute Gasteiger partial charge is 0.324 e. The zero-order chi connectivity index (χ0) is 10.7. The molecule has 0 unspecified atom stereocenters. The Hall–Kier alpha value is -0.930. The van der Waals surface area contributed by atoms with Gasteiger partial charge in [-0.3, -0.25) is 4.79 Å². The van der Waals surface area contributed by atoms with Crippen molar-refractivity contribution in [2.24, 2.45) is 5.73 Å². The molecule has 4 heteroatoms. The smallest absolute Gasteiger partial charge is 0.162 e. The third-order valence-corrected chi connectivity index (χ3v) is 2.24. The molecule has 2 N–H and O–H groups in total. The van der Waals surface area contributed by atoms with Gasteiger partial charge in [0.2, 0.25) is 0 Å². The molecule has 1 aromatic carbocycles. The summed E-state index contributed by atoms with van der Waals surface area (Å²) < 4.78 is 13.1. The highest BCUT2D eigenvalue weighted by atomic mass is 35.5. The monoisotopic (exact) mass is 231 g/mol. The number of benzene rings is 1. The first-order valence-corrected chi connectivity index (χ1v) is 4.62. The zero-order valence-corrected chi connectivity index (χ0v) is 9.60. The lowest BCUT2D eigenvalue weighted by molar-refractivity contribution is 0.101. The Morgan fingerprint density at radius 3 is 2.60 bits per heavy atom. The highest BCUT2D eigenvalue weighted by molar-refractivity contribution is 5.94. The van der Waals surface area contributed by atoms with Crippen LogP contribution in [0.1, 0.15) is 42.2 Å². The summed E-state index contributed by atoms with van der Waals surface area (Å²) in [4.78, 5) is 11.0. The molecular formula is C11H15ClFNO. The van der Waals surface area contributed by atoms with Crippen LogP contribution in [-0.2, 0) is 0 Å². The minimum atomic E-state index is -0.482. The summed E-state index contributed by atoms with van der Waals surface area (Å²) in [5.74, 6) is -0.753. The Kier molecular flexibility index (Phi) is 5.47. The molecule has 15 heavy (non-hydrogen) atoms. The Morgan fingerprint density at radius 2 is 2.13 bits per heavy atom. The number of carbonyl (C=O) groups is 1. The van der Waals surface area contributed by atoms with Crippen LogP contribution in [-0.4, -0.2) is 5.78 Å². The van der Waals surface area contributed by atoms with Gasteiger partial charge in [-0.15, -0.1) is 12.4 Å². The molecule has 1 atom stereocenters. The first kappa shape index (κ1) is 14.1. The van der Waals surface area contributed by atoms with Crippen molar-refractivity contribution in [3.63, 3.8) is 0 Å². The molecule has 0 saturated carbocycles. The Morgan fingerprint density at radius 1 is 1.53 bits per heavy atom. The van der Waals surface area contributed by atoms with Crippen LogP contribution in [0.3, 0.4) is 0 Å². The average molecular weight is 232 g/mol. The van der Waals surface area contributed by atoms with Gasteiger partial charge >= 0.3 is 0 Å². The van der Waals surface area contributed by atoms with E-state index >= 15 is 0 Å². The summed E-state index contributed by atoms with van der Waals surface area (Å²) in [5.41, 5.74) is 6.70. The molecule has 0 aromatic heterocycles. The lowest BCUT2D eigenvalue weighted by atomic mass is 10.0. The van der Waals surface area contributed by atoms with Crippen molar-refractivity contribution in [3.8, 4) is 0 Å². The fourth-order valence-corrected chi connectivity index (χ4v) is 1.28. The van der Waals surface area contributed by atoms with Crippen molar-refractivity contribution in [1.29, 1.82) is 0 Å². The molecule has 0 radical (unpaired) electrons. The second-order valence-electron chi connectivity index (χ2n) is 3.31. The molecule has 0 aliphatic carbocycles. The number of hydrogen-bond acceptors (Lipinski definition) is 2. The minimum absolute atomic E-state index is 0. The molecular weight excluding hydrogens is 217 g/mol. The quantitative estimate of drug-likeness (QED) is 0.813. The second kappa shape index (κ2) is 5.83. The summed E-state index contributed by atoms with van der Waals surface area (Å²) in [6, 6.07) is 4.32. The third kappa shape index (κ3) is 3.29. The van der Waals surface area contributed by atoms with Gasteiger partial charge in [-0.25, -0.2) is 4.39 Å². The molecule has 0 heterocycles. The van der Waals surface area contributed by atoms with Crippen molar-refractivity contribution >= 4 is 18.2 Å². The molecule has 0 aliphatic rings. The van der Waals surface area contributed by atoms with E-state index in [1.54, 1.807) is 6.07 Å². The predicted octanol–water partition coefficient (Wildman–Crippen LogP) is 2.86. The number of Topliss-reactive ketones (excluding diaryl/α,β-unsaturated/α-hetero) is 1. The van der Waals surface area contributed by atoms with Gasteiger partial charge in [0.05, 0.1) is 5.56 Å². The summed E-state index contributed by atoms with van der Waals surface area (Å²) in [7, 11) is 0. The van der Waals surface area contributed by atoms with Crippen LogP contribution in [0.2, 0.25) is 0 Å². The highest BCUT2D eigenvalue weighted by Gasteiger charge is 2.10. The van der Waals surface area contributed by atoms with Crippen LogP contribution in [0, 0.1) is 5.82 Å². The summed E-state index contributed by atoms with van der Waals surface area (Å²) in [6.45, 7) is 3.29. The predicted molar refractivity (Wildman–Crippen MR) is 60.9 cm³/mol. The maximum atomic E-state index is 13.1. The van der Waals surface area contributed by atoms with Crippen molar-refractivity contribution in [2.45, 2.75) is 26.3 Å². The first-order valence-electron chi connectivity index (χ1n) is 4.62. The Balaban J connectivity index is 0.00000196. The van der Waals surface area contributed by atoms with Gasteiger partial charge in [0.25, 0.3) is 0 Å². The first-order chi connectivity index (χ1) is 6.56. The van der Waals surface area contributed by atoms with Gasteiger partial charge < -0.3 is 5.73 Å². The summed E-state index contributed by atoms with van der Waals surface area (Å²) in [5, 5.41) is 0. The van der Waals surface area contributed by atoms with Gasteiger partial charge in [-0.05, 0) is 31.0 Å². The molecule has 0 amide bonds. The lowest BCUT2D eigenvalue weighted by Gasteiger charge is -2.10. The second-order valence-corrected chi connectivity index (χ2v) is 3.31. The van der Waals surface area contributed by atoms with Crippen LogP contribution >= 0.6 is 12.4 Å². The van der Waals surface area contributed by atoms with E-state index in [0.717, 1.165) is 12.0 Å². The van der Waals surface area contributed by atoms with E-state index in [2.05, 4.69) is 0 Å². The van der Waals surface area contributed by atoms with Crippen molar-refractivity contribution < 1.29 is 9.18 Å². The van der Waals surface area contributed by atoms with Crippen LogP contribution in [0.15, 0.2) is 18.2 Å². The normalized spacial score (nSPS) is 11.7. The Labute approximate surface area is 95.1 Å². The summed E-state index contributed by atoms with van der Waals surface area (Å²) >= 11 is 0. The van der Waals surface area contributed by atoms with E-state index < -0.39 is 5.82 Å². The lowest BCUT2D eigenvalue weighted by Crippen LogP contribution is -2.10. The summed E-state index contributed by atoms with van der Waals surface area (Å²) in [6.07, 6.45) is 0.767. The van der Waals surface area contributed by atoms with Crippen LogP contribution < -0.4 is 5.73 Å². The number of halogens is 2. The van der Waals surface area contributed by atoms with Crippen LogP contribution in [0.5, 0.6) is 0 Å². The van der Waals surface area contributed by atoms with Crippen molar-refractivity contribution in [3.05, 3.63) is 35.1 Å². The zero-order valence-electron chi connectivity index (χ0n) is 8.79. The van der Waals surface area contributed by atoms with Crippen molar-refractivity contribution in [1.82, 2.24) is 0 Å². The van der Waals surface area contributed by atoms with E-state index in [1.165, 1.54) is 19.1 Å². The molecule has 0 aliphatic heterocycles. The Bertz CT molecular complexity index is 354. The van der Waals surface area contributed by atoms with Gasteiger partial charge in [-0.2, -0.15) is 0 Å². The number of rotatable bonds is 3. The maximum absolute atomic E-state index is 13.1. The van der Waals surface area contributed by atoms with E-state index in [9.17, 15) is 9.18 Å². The average Bonchev–Trinajstić information content (AvgIpc) is 2.17. The minimum Gasteiger partial charge on any atom is -0.324 e. The molecule has 0 saturated heterocycles. The molecule has 2 nitrogen and oxygen atoms in total. The standard InChI is InChI=1S/C11H14FNO.ClH/c1-3-11(13)8-4-5-10(12)9(6-8)7(2)14;/h4-6,11H,3,13H2,1-2H3;1H/t11-;/m1./s1.